The van der Waals surface area contributed by atoms with Crippen molar-refractivity contribution in [3.8, 4) is 0 Å². The zero-order valence-corrected chi connectivity index (χ0v) is 22.7. The molecule has 1 N–H and O–H groups in total. The second kappa shape index (κ2) is 13.4. The third-order valence-electron chi connectivity index (χ3n) is 6.85. The molecule has 3 heterocycles. The van der Waals surface area contributed by atoms with Crippen molar-refractivity contribution in [3.05, 3.63) is 83.8 Å². The van der Waals surface area contributed by atoms with Gasteiger partial charge in [0.15, 0.2) is 5.76 Å². The predicted molar refractivity (Wildman–Crippen MR) is 146 cm³/mol. The number of carbonyl (C=O) groups is 2. The summed E-state index contributed by atoms with van der Waals surface area (Å²) >= 11 is 0. The number of nitrogens with one attached hydrogen (secondary N) is 1. The lowest BCUT2D eigenvalue weighted by atomic mass is 10.0. The number of pyridine rings is 1. The van der Waals surface area contributed by atoms with E-state index < -0.39 is 17.6 Å². The first-order valence-electron chi connectivity index (χ1n) is 13.2. The van der Waals surface area contributed by atoms with Gasteiger partial charge in [-0.2, -0.15) is 13.2 Å². The molecule has 1 amide bonds. The van der Waals surface area contributed by atoms with Crippen molar-refractivity contribution in [2.75, 3.05) is 18.4 Å². The number of carbonyl (C=O) groups excluding carboxylic acids is 2. The molecule has 1 aliphatic heterocycles. The zero-order valence-electron chi connectivity index (χ0n) is 22.7. The number of halogens is 3. The van der Waals surface area contributed by atoms with Crippen LogP contribution in [0.2, 0.25) is 0 Å². The highest BCUT2D eigenvalue weighted by Crippen LogP contribution is 2.30. The van der Waals surface area contributed by atoms with E-state index in [9.17, 15) is 22.8 Å². The normalized spacial score (nSPS) is 15.0. The molecule has 3 aromatic rings. The summed E-state index contributed by atoms with van der Waals surface area (Å²) < 4.78 is 44.1. The summed E-state index contributed by atoms with van der Waals surface area (Å²) in [5.74, 6) is -0.252. The lowest BCUT2D eigenvalue weighted by Crippen LogP contribution is -2.49. The van der Waals surface area contributed by atoms with E-state index in [2.05, 4.69) is 39.0 Å². The first kappa shape index (κ1) is 29.7. The molecule has 1 aliphatic rings. The largest absolute Gasteiger partial charge is 0.423 e. The van der Waals surface area contributed by atoms with Crippen LogP contribution in [0, 0.1) is 0 Å². The zero-order chi connectivity index (χ0) is 29.4. The number of benzene rings is 1. The van der Waals surface area contributed by atoms with E-state index in [0.717, 1.165) is 30.8 Å². The number of nitrogens with zero attached hydrogens (tertiary/aromatic N) is 5. The molecule has 1 aromatic carbocycles. The molecule has 4 rings (SSSR count). The lowest BCUT2D eigenvalue weighted by molar-refractivity contribution is -0.139. The second-order valence-electron chi connectivity index (χ2n) is 9.94. The van der Waals surface area contributed by atoms with Crippen molar-refractivity contribution < 1.29 is 27.5 Å². The standard InChI is InChI=1S/C29H31F3N6O3/c1-20(2)37-11-8-25(9-12-37)38(17-22-13-24(16-34-15-22)36-27-7-10-33-18-35-27)28(40)26(41-19-39)14-21-3-5-23(6-4-21)29(30,31)32/h3-7,10,13-16,18-20,25H,8-9,11-12,17H2,1-2H3,(H,33,35,36)/b26-14+. The van der Waals surface area contributed by atoms with E-state index in [4.69, 9.17) is 4.74 Å². The van der Waals surface area contributed by atoms with Crippen LogP contribution in [0.4, 0.5) is 24.7 Å². The fraction of sp³-hybridized carbons (Fsp3) is 0.345. The second-order valence-corrected chi connectivity index (χ2v) is 9.94. The first-order valence-corrected chi connectivity index (χ1v) is 13.2. The Labute approximate surface area is 236 Å². The summed E-state index contributed by atoms with van der Waals surface area (Å²) in [4.78, 5) is 41.6. The van der Waals surface area contributed by atoms with Crippen molar-refractivity contribution in [3.63, 3.8) is 0 Å². The highest BCUT2D eigenvalue weighted by molar-refractivity contribution is 5.97. The van der Waals surface area contributed by atoms with Crippen LogP contribution >= 0.6 is 0 Å². The van der Waals surface area contributed by atoms with Gasteiger partial charge in [-0.1, -0.05) is 12.1 Å². The van der Waals surface area contributed by atoms with Gasteiger partial charge in [-0.3, -0.25) is 14.6 Å². The number of anilines is 2. The van der Waals surface area contributed by atoms with Crippen LogP contribution in [0.3, 0.4) is 0 Å². The number of piperidine rings is 1. The minimum absolute atomic E-state index is 0.140. The van der Waals surface area contributed by atoms with Crippen LogP contribution in [0.15, 0.2) is 67.1 Å². The van der Waals surface area contributed by atoms with Crippen LogP contribution in [0.25, 0.3) is 6.08 Å². The van der Waals surface area contributed by atoms with Crippen molar-refractivity contribution in [1.29, 1.82) is 0 Å². The third kappa shape index (κ3) is 8.10. The summed E-state index contributed by atoms with van der Waals surface area (Å²) in [6.45, 7) is 6.12. The minimum Gasteiger partial charge on any atom is -0.423 e. The van der Waals surface area contributed by atoms with E-state index in [1.54, 1.807) is 29.6 Å². The van der Waals surface area contributed by atoms with E-state index in [-0.39, 0.29) is 30.4 Å². The minimum atomic E-state index is -4.49. The number of aromatic nitrogens is 3. The van der Waals surface area contributed by atoms with Gasteiger partial charge in [-0.15, -0.1) is 0 Å². The number of likely N-dealkylation sites (tertiary alicyclic amines) is 1. The Morgan fingerprint density at radius 1 is 1.15 bits per heavy atom. The number of amides is 1. The number of rotatable bonds is 10. The Bertz CT molecular complexity index is 1340. The number of ether oxygens (including phenoxy) is 1. The summed E-state index contributed by atoms with van der Waals surface area (Å²) in [6.07, 6.45) is 4.48. The van der Waals surface area contributed by atoms with Gasteiger partial charge in [0.2, 0.25) is 0 Å². The molecule has 9 nitrogen and oxygen atoms in total. The average molecular weight is 569 g/mol. The predicted octanol–water partition coefficient (Wildman–Crippen LogP) is 5.05. The molecule has 0 unspecified atom stereocenters. The Balaban J connectivity index is 1.62. The smallest absolute Gasteiger partial charge is 0.416 e. The Morgan fingerprint density at radius 3 is 2.49 bits per heavy atom. The fourth-order valence-corrected chi connectivity index (χ4v) is 4.69. The van der Waals surface area contributed by atoms with Crippen LogP contribution < -0.4 is 5.32 Å². The average Bonchev–Trinajstić information content (AvgIpc) is 2.96. The molecule has 216 valence electrons. The number of hydrogen-bond acceptors (Lipinski definition) is 8. The molecule has 41 heavy (non-hydrogen) atoms. The molecule has 1 saturated heterocycles. The molecule has 0 spiro atoms. The number of alkyl halides is 3. The van der Waals surface area contributed by atoms with Gasteiger partial charge in [-0.25, -0.2) is 9.97 Å². The van der Waals surface area contributed by atoms with Gasteiger partial charge >= 0.3 is 6.18 Å². The van der Waals surface area contributed by atoms with Crippen molar-refractivity contribution in [1.82, 2.24) is 24.8 Å². The molecule has 12 heteroatoms. The lowest BCUT2D eigenvalue weighted by Gasteiger charge is -2.40. The van der Waals surface area contributed by atoms with E-state index >= 15 is 0 Å². The maximum atomic E-state index is 13.9. The number of hydrogen-bond donors (Lipinski definition) is 1. The molecule has 0 bridgehead atoms. The highest BCUT2D eigenvalue weighted by Gasteiger charge is 2.32. The quantitative estimate of drug-likeness (QED) is 0.206. The molecule has 2 aromatic heterocycles. The third-order valence-corrected chi connectivity index (χ3v) is 6.85. The Hall–Kier alpha value is -4.32. The maximum absolute atomic E-state index is 13.9. The van der Waals surface area contributed by atoms with Crippen LogP contribution in [0.5, 0.6) is 0 Å². The Morgan fingerprint density at radius 2 is 1.88 bits per heavy atom. The summed E-state index contributed by atoms with van der Waals surface area (Å²) in [6, 6.07) is 8.03. The van der Waals surface area contributed by atoms with Gasteiger partial charge in [0.25, 0.3) is 12.4 Å². The maximum Gasteiger partial charge on any atom is 0.416 e. The SMILES string of the molecule is CC(C)N1CCC(N(Cc2cncc(Nc3ccncn3)c2)C(=O)/C(=C\c2ccc(C(F)(F)F)cc2)OC=O)CC1. The van der Waals surface area contributed by atoms with Crippen molar-refractivity contribution in [2.24, 2.45) is 0 Å². The molecular formula is C29H31F3N6O3. The Kier molecular flexibility index (Phi) is 9.66. The van der Waals surface area contributed by atoms with E-state index in [1.807, 2.05) is 6.07 Å². The van der Waals surface area contributed by atoms with Crippen molar-refractivity contribution in [2.45, 2.75) is 51.5 Å². The van der Waals surface area contributed by atoms with E-state index in [1.165, 1.54) is 24.5 Å². The van der Waals surface area contributed by atoms with Crippen LogP contribution in [-0.2, 0) is 27.0 Å². The van der Waals surface area contributed by atoms with Gasteiger partial charge < -0.3 is 19.9 Å². The van der Waals surface area contributed by atoms with Crippen LogP contribution in [-0.4, -0.2) is 62.3 Å². The molecule has 0 aliphatic carbocycles. The van der Waals surface area contributed by atoms with Crippen molar-refractivity contribution >= 4 is 30.0 Å². The molecular weight excluding hydrogens is 537 g/mol. The van der Waals surface area contributed by atoms with E-state index in [0.29, 0.717) is 30.4 Å². The van der Waals surface area contributed by atoms with Gasteiger partial charge in [0, 0.05) is 44.1 Å². The van der Waals surface area contributed by atoms with Gasteiger partial charge in [0.1, 0.15) is 12.1 Å². The summed E-state index contributed by atoms with van der Waals surface area (Å²) in [7, 11) is 0. The van der Waals surface area contributed by atoms with Gasteiger partial charge in [-0.05, 0) is 68.2 Å². The molecule has 0 saturated carbocycles. The fourth-order valence-electron chi connectivity index (χ4n) is 4.69. The highest BCUT2D eigenvalue weighted by atomic mass is 19.4. The monoisotopic (exact) mass is 568 g/mol. The van der Waals surface area contributed by atoms with Gasteiger partial charge in [0.05, 0.1) is 17.4 Å². The molecule has 0 radical (unpaired) electrons. The van der Waals surface area contributed by atoms with Crippen LogP contribution in [0.1, 0.15) is 43.4 Å². The molecule has 1 fully saturated rings. The summed E-state index contributed by atoms with van der Waals surface area (Å²) in [5, 5.41) is 3.15. The first-order chi connectivity index (χ1) is 19.6. The summed E-state index contributed by atoms with van der Waals surface area (Å²) in [5.41, 5.74) is 0.854. The topological polar surface area (TPSA) is 101 Å². The molecule has 0 atom stereocenters.